The fraction of sp³-hybridized carbons (Fsp3) is 0.261. The number of nitrogens with one attached hydrogen (secondary N) is 2. The predicted molar refractivity (Wildman–Crippen MR) is 117 cm³/mol. The molecule has 0 saturated heterocycles. The Balaban J connectivity index is 1.66. The molecule has 156 valence electrons. The minimum atomic E-state index is -0.305. The van der Waals surface area contributed by atoms with E-state index in [4.69, 9.17) is 0 Å². The zero-order chi connectivity index (χ0) is 21.3. The van der Waals surface area contributed by atoms with Crippen molar-refractivity contribution in [3.8, 4) is 11.4 Å². The van der Waals surface area contributed by atoms with Gasteiger partial charge in [0.2, 0.25) is 0 Å². The number of aromatic nitrogens is 2. The van der Waals surface area contributed by atoms with Crippen LogP contribution in [0.4, 0.5) is 15.9 Å². The van der Waals surface area contributed by atoms with E-state index in [2.05, 4.69) is 39.3 Å². The number of rotatable bonds is 9. The van der Waals surface area contributed by atoms with Gasteiger partial charge in [0, 0.05) is 36.1 Å². The van der Waals surface area contributed by atoms with Crippen molar-refractivity contribution in [1.29, 1.82) is 0 Å². The van der Waals surface area contributed by atoms with Crippen LogP contribution in [0.25, 0.3) is 11.4 Å². The number of nitrogens with zero attached hydrogens (tertiary/aromatic N) is 3. The van der Waals surface area contributed by atoms with E-state index in [1.807, 2.05) is 12.1 Å². The number of halogens is 1. The number of amides is 1. The third kappa shape index (κ3) is 5.84. The smallest absolute Gasteiger partial charge is 0.251 e. The molecular weight excluding hydrogens is 381 g/mol. The Hall–Kier alpha value is -3.32. The molecule has 6 nitrogen and oxygen atoms in total. The number of anilines is 2. The molecule has 1 aromatic heterocycles. The third-order valence-electron chi connectivity index (χ3n) is 4.76. The lowest BCUT2D eigenvalue weighted by Gasteiger charge is -2.18. The lowest BCUT2D eigenvalue weighted by Crippen LogP contribution is -2.34. The van der Waals surface area contributed by atoms with Crippen LogP contribution in [0.15, 0.2) is 60.8 Å². The maximum absolute atomic E-state index is 13.1. The van der Waals surface area contributed by atoms with Crippen molar-refractivity contribution in [3.63, 3.8) is 0 Å². The van der Waals surface area contributed by atoms with Crippen molar-refractivity contribution in [2.24, 2.45) is 0 Å². The molecule has 0 fully saturated rings. The van der Waals surface area contributed by atoms with Gasteiger partial charge in [-0.05, 0) is 61.6 Å². The molecule has 2 aromatic carbocycles. The monoisotopic (exact) mass is 407 g/mol. The summed E-state index contributed by atoms with van der Waals surface area (Å²) in [5, 5.41) is 6.16. The van der Waals surface area contributed by atoms with E-state index in [1.165, 1.54) is 12.1 Å². The van der Waals surface area contributed by atoms with Crippen LogP contribution in [-0.4, -0.2) is 47.0 Å². The molecule has 7 heteroatoms. The number of carbonyl (C=O) groups is 1. The predicted octanol–water partition coefficient (Wildman–Crippen LogP) is 4.10. The van der Waals surface area contributed by atoms with Crippen LogP contribution in [0.3, 0.4) is 0 Å². The quantitative estimate of drug-likeness (QED) is 0.559. The number of carbonyl (C=O) groups excluding carboxylic acids is 1. The Morgan fingerprint density at radius 3 is 2.57 bits per heavy atom. The van der Waals surface area contributed by atoms with Crippen LogP contribution in [0.1, 0.15) is 24.2 Å². The van der Waals surface area contributed by atoms with Crippen molar-refractivity contribution in [1.82, 2.24) is 20.2 Å². The van der Waals surface area contributed by atoms with Crippen LogP contribution in [0.2, 0.25) is 0 Å². The summed E-state index contributed by atoms with van der Waals surface area (Å²) in [4.78, 5) is 23.4. The van der Waals surface area contributed by atoms with Crippen LogP contribution in [-0.2, 0) is 0 Å². The van der Waals surface area contributed by atoms with Crippen molar-refractivity contribution in [2.45, 2.75) is 13.8 Å². The maximum atomic E-state index is 13.1. The van der Waals surface area contributed by atoms with Crippen LogP contribution >= 0.6 is 0 Å². The molecule has 2 N–H and O–H groups in total. The Bertz CT molecular complexity index is 973. The molecule has 0 aliphatic rings. The summed E-state index contributed by atoms with van der Waals surface area (Å²) in [5.74, 6) is 0.662. The first-order valence-electron chi connectivity index (χ1n) is 10.1. The lowest BCUT2D eigenvalue weighted by molar-refractivity contribution is 0.0949. The summed E-state index contributed by atoms with van der Waals surface area (Å²) < 4.78 is 13.1. The fourth-order valence-corrected chi connectivity index (χ4v) is 3.02. The molecule has 0 aliphatic carbocycles. The summed E-state index contributed by atoms with van der Waals surface area (Å²) in [6.07, 6.45) is 1.64. The molecule has 1 amide bonds. The zero-order valence-electron chi connectivity index (χ0n) is 17.2. The van der Waals surface area contributed by atoms with E-state index in [1.54, 1.807) is 36.5 Å². The van der Waals surface area contributed by atoms with Crippen molar-refractivity contribution < 1.29 is 9.18 Å². The van der Waals surface area contributed by atoms with Gasteiger partial charge in [0.25, 0.3) is 5.91 Å². The van der Waals surface area contributed by atoms with Gasteiger partial charge in [0.1, 0.15) is 11.6 Å². The first kappa shape index (κ1) is 21.4. The lowest BCUT2D eigenvalue weighted by atomic mass is 10.2. The average molecular weight is 407 g/mol. The van der Waals surface area contributed by atoms with Crippen LogP contribution in [0, 0.1) is 5.82 Å². The molecule has 1 heterocycles. The second kappa shape index (κ2) is 10.5. The second-order valence-electron chi connectivity index (χ2n) is 6.76. The molecule has 0 aliphatic heterocycles. The van der Waals surface area contributed by atoms with Gasteiger partial charge in [-0.15, -0.1) is 0 Å². The molecule has 0 unspecified atom stereocenters. The van der Waals surface area contributed by atoms with E-state index >= 15 is 0 Å². The largest absolute Gasteiger partial charge is 0.351 e. The van der Waals surface area contributed by atoms with Gasteiger partial charge in [-0.2, -0.15) is 0 Å². The normalized spacial score (nSPS) is 10.8. The first-order chi connectivity index (χ1) is 14.6. The summed E-state index contributed by atoms with van der Waals surface area (Å²) in [6.45, 7) is 7.56. The summed E-state index contributed by atoms with van der Waals surface area (Å²) in [7, 11) is 0. The zero-order valence-corrected chi connectivity index (χ0v) is 17.2. The van der Waals surface area contributed by atoms with Gasteiger partial charge >= 0.3 is 0 Å². The van der Waals surface area contributed by atoms with Crippen LogP contribution in [0.5, 0.6) is 0 Å². The minimum Gasteiger partial charge on any atom is -0.351 e. The van der Waals surface area contributed by atoms with E-state index in [-0.39, 0.29) is 11.7 Å². The summed E-state index contributed by atoms with van der Waals surface area (Å²) in [5.41, 5.74) is 2.05. The van der Waals surface area contributed by atoms with Gasteiger partial charge in [-0.3, -0.25) is 4.79 Å². The highest BCUT2D eigenvalue weighted by Gasteiger charge is 2.08. The van der Waals surface area contributed by atoms with Gasteiger partial charge in [0.05, 0.1) is 0 Å². The Labute approximate surface area is 176 Å². The number of hydrogen-bond donors (Lipinski definition) is 2. The van der Waals surface area contributed by atoms with Crippen molar-refractivity contribution in [3.05, 3.63) is 72.2 Å². The molecule has 0 bridgehead atoms. The van der Waals surface area contributed by atoms with Gasteiger partial charge in [0.15, 0.2) is 5.82 Å². The van der Waals surface area contributed by atoms with E-state index < -0.39 is 0 Å². The topological polar surface area (TPSA) is 70.2 Å². The second-order valence-corrected chi connectivity index (χ2v) is 6.76. The molecular formula is C23H26FN5O. The highest BCUT2D eigenvalue weighted by atomic mass is 19.1. The molecule has 0 atom stereocenters. The van der Waals surface area contributed by atoms with Gasteiger partial charge in [-0.25, -0.2) is 14.4 Å². The number of likely N-dealkylation sites (N-methyl/N-ethyl adjacent to an activating group) is 1. The SMILES string of the molecule is CCN(CC)CCNC(=O)c1cccc(Nc2ccnc(-c3ccc(F)cc3)n2)c1. The molecule has 3 aromatic rings. The highest BCUT2D eigenvalue weighted by Crippen LogP contribution is 2.20. The van der Waals surface area contributed by atoms with E-state index in [9.17, 15) is 9.18 Å². The molecule has 0 radical (unpaired) electrons. The average Bonchev–Trinajstić information content (AvgIpc) is 2.77. The van der Waals surface area contributed by atoms with Crippen molar-refractivity contribution >= 4 is 17.4 Å². The molecule has 0 saturated carbocycles. The van der Waals surface area contributed by atoms with Crippen LogP contribution < -0.4 is 10.6 Å². The summed E-state index contributed by atoms with van der Waals surface area (Å²) >= 11 is 0. The number of hydrogen-bond acceptors (Lipinski definition) is 5. The fourth-order valence-electron chi connectivity index (χ4n) is 3.02. The molecule has 30 heavy (non-hydrogen) atoms. The highest BCUT2D eigenvalue weighted by molar-refractivity contribution is 5.95. The van der Waals surface area contributed by atoms with Crippen molar-refractivity contribution in [2.75, 3.05) is 31.5 Å². The Morgan fingerprint density at radius 1 is 1.07 bits per heavy atom. The molecule has 3 rings (SSSR count). The van der Waals surface area contributed by atoms with E-state index in [0.29, 0.717) is 23.8 Å². The minimum absolute atomic E-state index is 0.111. The third-order valence-corrected chi connectivity index (χ3v) is 4.76. The first-order valence-corrected chi connectivity index (χ1v) is 10.1. The van der Waals surface area contributed by atoms with Gasteiger partial charge < -0.3 is 15.5 Å². The van der Waals surface area contributed by atoms with Gasteiger partial charge in [-0.1, -0.05) is 19.9 Å². The Morgan fingerprint density at radius 2 is 1.83 bits per heavy atom. The molecule has 0 spiro atoms. The number of benzene rings is 2. The van der Waals surface area contributed by atoms with E-state index in [0.717, 1.165) is 30.9 Å². The summed E-state index contributed by atoms with van der Waals surface area (Å²) in [6, 6.07) is 15.0. The Kier molecular flexibility index (Phi) is 7.45. The standard InChI is InChI=1S/C23H26FN5O/c1-3-29(4-2)15-14-26-23(30)18-6-5-7-20(16-18)27-21-12-13-25-22(28-21)17-8-10-19(24)11-9-17/h5-13,16H,3-4,14-15H2,1-2H3,(H,26,30)(H,25,27,28). The maximum Gasteiger partial charge on any atom is 0.251 e.